The van der Waals surface area contributed by atoms with Crippen molar-refractivity contribution in [3.63, 3.8) is 0 Å². The molecular weight excluding hydrogens is 707 g/mol. The van der Waals surface area contributed by atoms with E-state index in [0.717, 1.165) is 71.1 Å². The Balaban J connectivity index is 0.987. The van der Waals surface area contributed by atoms with E-state index >= 15 is 0 Å². The number of thiazole rings is 2. The fraction of sp³-hybridized carbons (Fsp3) is 0. The summed E-state index contributed by atoms with van der Waals surface area (Å²) in [5, 5.41) is 8.85. The highest BCUT2D eigenvalue weighted by Crippen LogP contribution is 2.40. The lowest BCUT2D eigenvalue weighted by molar-refractivity contribution is 1.29. The highest BCUT2D eigenvalue weighted by Gasteiger charge is 2.16. The fourth-order valence-electron chi connectivity index (χ4n) is 7.53. The average molecular weight is 739 g/mol. The molecule has 3 nitrogen and oxygen atoms in total. The van der Waals surface area contributed by atoms with Gasteiger partial charge in [0.15, 0.2) is 0 Å². The second kappa shape index (κ2) is 13.0. The molecule has 55 heavy (non-hydrogen) atoms. The van der Waals surface area contributed by atoms with Crippen LogP contribution in [-0.2, 0) is 0 Å². The van der Waals surface area contributed by atoms with E-state index in [0.29, 0.717) is 6.04 Å². The summed E-state index contributed by atoms with van der Waals surface area (Å²) in [6.45, 7) is 0. The first-order valence-corrected chi connectivity index (χ1v) is 19.9. The van der Waals surface area contributed by atoms with Gasteiger partial charge in [0.05, 0.1) is 21.8 Å². The van der Waals surface area contributed by atoms with Gasteiger partial charge in [0.1, 0.15) is 10.0 Å². The van der Waals surface area contributed by atoms with E-state index in [1.807, 2.05) is 18.2 Å². The summed E-state index contributed by atoms with van der Waals surface area (Å²) in [5.74, 6) is 0. The maximum atomic E-state index is 9.36. The van der Waals surface area contributed by atoms with Crippen molar-refractivity contribution in [1.82, 2.24) is 9.97 Å². The van der Waals surface area contributed by atoms with Gasteiger partial charge in [0, 0.05) is 28.2 Å². The maximum absolute atomic E-state index is 9.36. The second-order valence-corrected chi connectivity index (χ2v) is 15.9. The van der Waals surface area contributed by atoms with Gasteiger partial charge in [-0.05, 0) is 153 Å². The van der Waals surface area contributed by atoms with E-state index in [9.17, 15) is 1.37 Å². The largest absolute Gasteiger partial charge is 0.310 e. The molecule has 0 fully saturated rings. The molecule has 0 aliphatic rings. The standard InChI is InChI=1S/C50H31N3S2/c1-2-8-35-29-41-30-37(13-15-39(41)27-34(35)7-1)36-14-16-40-31-44(26-21-38(40)28-36)53(42-22-17-32(18-23-42)49-51-45-9-3-5-11-47(45)54-49)43-24-19-33(20-25-43)50-52-46-10-4-6-12-48(46)55-50/h1-31H/i21D. The van der Waals surface area contributed by atoms with Crippen LogP contribution in [0.5, 0.6) is 0 Å². The lowest BCUT2D eigenvalue weighted by Crippen LogP contribution is -2.09. The van der Waals surface area contributed by atoms with Crippen molar-refractivity contribution >= 4 is 92.5 Å². The number of para-hydroxylation sites is 2. The molecule has 11 aromatic rings. The lowest BCUT2D eigenvalue weighted by atomic mass is 9.97. The Labute approximate surface area is 327 Å². The highest BCUT2D eigenvalue weighted by molar-refractivity contribution is 7.22. The molecule has 0 radical (unpaired) electrons. The van der Waals surface area contributed by atoms with Crippen LogP contribution in [0.3, 0.4) is 0 Å². The van der Waals surface area contributed by atoms with E-state index in [4.69, 9.17) is 9.97 Å². The predicted molar refractivity (Wildman–Crippen MR) is 236 cm³/mol. The number of aromatic nitrogens is 2. The smallest absolute Gasteiger partial charge is 0.124 e. The van der Waals surface area contributed by atoms with Crippen molar-refractivity contribution < 1.29 is 1.37 Å². The van der Waals surface area contributed by atoms with Gasteiger partial charge in [-0.3, -0.25) is 0 Å². The van der Waals surface area contributed by atoms with Crippen molar-refractivity contribution in [2.75, 3.05) is 4.90 Å². The molecule has 0 unspecified atom stereocenters. The zero-order valence-corrected chi connectivity index (χ0v) is 31.1. The molecule has 11 rings (SSSR count). The Kier molecular flexibility index (Phi) is 7.29. The van der Waals surface area contributed by atoms with Gasteiger partial charge in [0.2, 0.25) is 0 Å². The number of hydrogen-bond donors (Lipinski definition) is 0. The lowest BCUT2D eigenvalue weighted by Gasteiger charge is -2.26. The summed E-state index contributed by atoms with van der Waals surface area (Å²) >= 11 is 3.41. The summed E-state index contributed by atoms with van der Waals surface area (Å²) in [5.41, 5.74) is 9.36. The molecule has 0 bridgehead atoms. The van der Waals surface area contributed by atoms with Crippen molar-refractivity contribution in [2.45, 2.75) is 0 Å². The summed E-state index contributed by atoms with van der Waals surface area (Å²) < 4.78 is 11.7. The van der Waals surface area contributed by atoms with Crippen LogP contribution in [-0.4, -0.2) is 9.97 Å². The molecule has 2 heterocycles. The van der Waals surface area contributed by atoms with Crippen molar-refractivity contribution in [3.8, 4) is 32.3 Å². The molecule has 0 amide bonds. The summed E-state index contributed by atoms with van der Waals surface area (Å²) in [6, 6.07) is 64.6. The Hall–Kier alpha value is -6.66. The fourth-order valence-corrected chi connectivity index (χ4v) is 9.48. The van der Waals surface area contributed by atoms with Gasteiger partial charge >= 0.3 is 0 Å². The molecular formula is C50H31N3S2. The molecule has 0 spiro atoms. The SMILES string of the molecule is [2H]c1cc(N(c2ccc(-c3nc4ccccc4s3)cc2)c2ccc(-c3nc4ccccc4s3)cc2)cc2ccc(-c3ccc4cc5ccccc5cc4c3)cc12. The third-order valence-corrected chi connectivity index (χ3v) is 12.5. The van der Waals surface area contributed by atoms with Gasteiger partial charge < -0.3 is 4.90 Å². The first-order valence-electron chi connectivity index (χ1n) is 18.8. The Bertz CT molecular complexity index is 3090. The van der Waals surface area contributed by atoms with Crippen molar-refractivity contribution in [2.24, 2.45) is 0 Å². The summed E-state index contributed by atoms with van der Waals surface area (Å²) in [7, 11) is 0. The van der Waals surface area contributed by atoms with Crippen LogP contribution in [0.4, 0.5) is 17.1 Å². The number of benzene rings is 9. The van der Waals surface area contributed by atoms with Crippen LogP contribution >= 0.6 is 22.7 Å². The van der Waals surface area contributed by atoms with E-state index in [2.05, 4.69) is 169 Å². The topological polar surface area (TPSA) is 29.0 Å². The van der Waals surface area contributed by atoms with Crippen molar-refractivity contribution in [1.29, 1.82) is 0 Å². The highest BCUT2D eigenvalue weighted by atomic mass is 32.1. The molecule has 0 N–H and O–H groups in total. The second-order valence-electron chi connectivity index (χ2n) is 13.8. The zero-order chi connectivity index (χ0) is 37.2. The molecule has 0 atom stereocenters. The van der Waals surface area contributed by atoms with E-state index in [1.54, 1.807) is 22.7 Å². The van der Waals surface area contributed by atoms with Gasteiger partial charge in [-0.15, -0.1) is 22.7 Å². The Morgan fingerprint density at radius 3 is 1.38 bits per heavy atom. The first-order chi connectivity index (χ1) is 27.6. The number of anilines is 3. The van der Waals surface area contributed by atoms with E-state index < -0.39 is 0 Å². The Morgan fingerprint density at radius 1 is 0.364 bits per heavy atom. The van der Waals surface area contributed by atoms with Crippen LogP contribution in [0.25, 0.3) is 85.0 Å². The molecule has 5 heteroatoms. The molecule has 2 aromatic heterocycles. The first kappa shape index (κ1) is 30.8. The van der Waals surface area contributed by atoms with Crippen LogP contribution in [0.2, 0.25) is 0 Å². The quantitative estimate of drug-likeness (QED) is 0.159. The molecule has 0 saturated heterocycles. The maximum Gasteiger partial charge on any atom is 0.124 e. The van der Waals surface area contributed by atoms with Gasteiger partial charge in [-0.1, -0.05) is 78.8 Å². The van der Waals surface area contributed by atoms with Gasteiger partial charge in [0.25, 0.3) is 0 Å². The van der Waals surface area contributed by atoms with Crippen LogP contribution in [0, 0.1) is 0 Å². The summed E-state index contributed by atoms with van der Waals surface area (Å²) in [4.78, 5) is 12.0. The molecule has 0 aliphatic carbocycles. The zero-order valence-electron chi connectivity index (χ0n) is 30.5. The monoisotopic (exact) mass is 738 g/mol. The van der Waals surface area contributed by atoms with E-state index in [1.165, 1.54) is 30.9 Å². The third kappa shape index (κ3) is 5.82. The minimum Gasteiger partial charge on any atom is -0.310 e. The van der Waals surface area contributed by atoms with Crippen LogP contribution in [0.1, 0.15) is 1.37 Å². The van der Waals surface area contributed by atoms with Crippen LogP contribution in [0.15, 0.2) is 188 Å². The molecule has 9 aromatic carbocycles. The Morgan fingerprint density at radius 2 is 0.818 bits per heavy atom. The number of fused-ring (bicyclic) bond motifs is 5. The minimum absolute atomic E-state index is 0.480. The minimum atomic E-state index is 0.480. The third-order valence-electron chi connectivity index (χ3n) is 10.4. The van der Waals surface area contributed by atoms with E-state index in [-0.39, 0.29) is 0 Å². The average Bonchev–Trinajstić information content (AvgIpc) is 3.89. The van der Waals surface area contributed by atoms with Crippen molar-refractivity contribution in [3.05, 3.63) is 188 Å². The van der Waals surface area contributed by atoms with Crippen LogP contribution < -0.4 is 4.90 Å². The number of nitrogens with zero attached hydrogens (tertiary/aromatic N) is 3. The van der Waals surface area contributed by atoms with Gasteiger partial charge in [-0.2, -0.15) is 0 Å². The predicted octanol–water partition coefficient (Wildman–Crippen LogP) is 14.8. The number of hydrogen-bond acceptors (Lipinski definition) is 5. The molecule has 0 saturated carbocycles. The molecule has 0 aliphatic heterocycles. The molecule has 258 valence electrons. The van der Waals surface area contributed by atoms with Gasteiger partial charge in [-0.25, -0.2) is 9.97 Å². The number of rotatable bonds is 6. The summed E-state index contributed by atoms with van der Waals surface area (Å²) in [6.07, 6.45) is 0. The normalized spacial score (nSPS) is 11.9.